The summed E-state index contributed by atoms with van der Waals surface area (Å²) in [6, 6.07) is 4.35. The number of aliphatic hydroxyl groups excluding tert-OH is 1. The van der Waals surface area contributed by atoms with Crippen LogP contribution < -0.4 is 20.1 Å². The second-order valence-corrected chi connectivity index (χ2v) is 4.09. The van der Waals surface area contributed by atoms with E-state index in [1.165, 1.54) is 14.2 Å². The average molecular weight is 298 g/mol. The molecule has 0 spiro atoms. The predicted molar refractivity (Wildman–Crippen MR) is 74.8 cm³/mol. The van der Waals surface area contributed by atoms with Crippen molar-refractivity contribution in [3.05, 3.63) is 18.2 Å². The third-order valence-electron chi connectivity index (χ3n) is 2.63. The van der Waals surface area contributed by atoms with Crippen LogP contribution in [-0.2, 0) is 4.79 Å². The molecule has 0 aliphatic heterocycles. The highest BCUT2D eigenvalue weighted by Crippen LogP contribution is 2.29. The molecule has 0 aromatic heterocycles. The minimum atomic E-state index is -1.49. The summed E-state index contributed by atoms with van der Waals surface area (Å²) in [6.07, 6.45) is -1.57. The number of methoxy groups -OCH3 is 2. The van der Waals surface area contributed by atoms with Gasteiger partial charge in [0.25, 0.3) is 0 Å². The van der Waals surface area contributed by atoms with Crippen molar-refractivity contribution in [2.24, 2.45) is 0 Å². The van der Waals surface area contributed by atoms with Gasteiger partial charge in [-0.15, -0.1) is 0 Å². The number of nitrogens with one attached hydrogen (secondary N) is 2. The number of carboxylic acid groups (broad SMARTS) is 1. The molecule has 0 unspecified atom stereocenters. The van der Waals surface area contributed by atoms with Crippen LogP contribution in [0.3, 0.4) is 0 Å². The van der Waals surface area contributed by atoms with Crippen LogP contribution in [0.2, 0.25) is 0 Å². The van der Waals surface area contributed by atoms with Crippen LogP contribution in [0.1, 0.15) is 6.42 Å². The van der Waals surface area contributed by atoms with Gasteiger partial charge in [0.05, 0.1) is 14.2 Å². The first-order chi connectivity index (χ1) is 9.97. The van der Waals surface area contributed by atoms with Crippen molar-refractivity contribution in [2.45, 2.75) is 12.5 Å². The van der Waals surface area contributed by atoms with Crippen molar-refractivity contribution >= 4 is 17.7 Å². The summed E-state index contributed by atoms with van der Waals surface area (Å²) >= 11 is 0. The van der Waals surface area contributed by atoms with Crippen LogP contribution in [0.25, 0.3) is 0 Å². The topological polar surface area (TPSA) is 117 Å². The van der Waals surface area contributed by atoms with E-state index < -0.39 is 18.1 Å². The van der Waals surface area contributed by atoms with Gasteiger partial charge in [0.2, 0.25) is 0 Å². The molecule has 1 atom stereocenters. The molecule has 116 valence electrons. The van der Waals surface area contributed by atoms with E-state index >= 15 is 0 Å². The van der Waals surface area contributed by atoms with E-state index in [9.17, 15) is 9.59 Å². The first-order valence-electron chi connectivity index (χ1n) is 6.15. The van der Waals surface area contributed by atoms with Crippen molar-refractivity contribution < 1.29 is 29.3 Å². The molecule has 2 amide bonds. The molecule has 0 bridgehead atoms. The lowest BCUT2D eigenvalue weighted by Gasteiger charge is -2.11. The second-order valence-electron chi connectivity index (χ2n) is 4.09. The maximum Gasteiger partial charge on any atom is 0.332 e. The highest BCUT2D eigenvalue weighted by atomic mass is 16.5. The van der Waals surface area contributed by atoms with Crippen LogP contribution in [0, 0.1) is 0 Å². The number of anilines is 1. The molecule has 1 aromatic rings. The smallest absolute Gasteiger partial charge is 0.332 e. The van der Waals surface area contributed by atoms with Crippen LogP contribution >= 0.6 is 0 Å². The molecule has 0 aliphatic rings. The van der Waals surface area contributed by atoms with Crippen molar-refractivity contribution in [2.75, 3.05) is 26.1 Å². The van der Waals surface area contributed by atoms with E-state index in [2.05, 4.69) is 10.6 Å². The number of aliphatic hydroxyl groups is 1. The van der Waals surface area contributed by atoms with Crippen LogP contribution in [0.5, 0.6) is 11.5 Å². The number of benzene rings is 1. The minimum Gasteiger partial charge on any atom is -0.493 e. The van der Waals surface area contributed by atoms with Crippen molar-refractivity contribution in [3.8, 4) is 11.5 Å². The number of amides is 2. The van der Waals surface area contributed by atoms with Gasteiger partial charge in [-0.2, -0.15) is 0 Å². The van der Waals surface area contributed by atoms with E-state index in [1.54, 1.807) is 18.2 Å². The number of carboxylic acids is 1. The normalized spacial score (nSPS) is 11.4. The molecule has 8 heteroatoms. The van der Waals surface area contributed by atoms with Crippen molar-refractivity contribution in [1.29, 1.82) is 0 Å². The number of rotatable bonds is 7. The van der Waals surface area contributed by atoms with Gasteiger partial charge in [0.15, 0.2) is 17.6 Å². The summed E-state index contributed by atoms with van der Waals surface area (Å²) < 4.78 is 10.2. The van der Waals surface area contributed by atoms with Gasteiger partial charge in [0, 0.05) is 24.7 Å². The van der Waals surface area contributed by atoms with E-state index in [0.29, 0.717) is 17.2 Å². The molecule has 4 N–H and O–H groups in total. The molecule has 1 rings (SSSR count). The van der Waals surface area contributed by atoms with Gasteiger partial charge < -0.3 is 30.3 Å². The van der Waals surface area contributed by atoms with Gasteiger partial charge in [-0.25, -0.2) is 9.59 Å². The first kappa shape index (κ1) is 16.6. The Hall–Kier alpha value is -2.48. The maximum atomic E-state index is 11.6. The predicted octanol–water partition coefficient (Wildman–Crippen LogP) is 0.661. The lowest BCUT2D eigenvalue weighted by molar-refractivity contribution is -0.146. The number of carbonyl (C=O) groups is 2. The fraction of sp³-hybridized carbons (Fsp3) is 0.385. The molecule has 0 aliphatic carbocycles. The van der Waals surface area contributed by atoms with Crippen LogP contribution in [0.15, 0.2) is 18.2 Å². The number of hydrogen-bond donors (Lipinski definition) is 4. The van der Waals surface area contributed by atoms with Gasteiger partial charge in [-0.05, 0) is 12.1 Å². The number of urea groups is 1. The lowest BCUT2D eigenvalue weighted by atomic mass is 10.2. The fourth-order valence-electron chi connectivity index (χ4n) is 1.54. The summed E-state index contributed by atoms with van der Waals surface area (Å²) in [5, 5.41) is 22.5. The molecule has 21 heavy (non-hydrogen) atoms. The fourth-order valence-corrected chi connectivity index (χ4v) is 1.54. The Morgan fingerprint density at radius 2 is 1.90 bits per heavy atom. The van der Waals surface area contributed by atoms with E-state index in [4.69, 9.17) is 19.7 Å². The Morgan fingerprint density at radius 3 is 2.48 bits per heavy atom. The van der Waals surface area contributed by atoms with Gasteiger partial charge >= 0.3 is 12.0 Å². The van der Waals surface area contributed by atoms with Gasteiger partial charge in [-0.3, -0.25) is 0 Å². The maximum absolute atomic E-state index is 11.6. The van der Waals surface area contributed by atoms with E-state index in [1.807, 2.05) is 0 Å². The zero-order valence-electron chi connectivity index (χ0n) is 11.8. The Morgan fingerprint density at radius 1 is 1.24 bits per heavy atom. The highest BCUT2D eigenvalue weighted by Gasteiger charge is 2.13. The molecule has 0 saturated heterocycles. The van der Waals surface area contributed by atoms with Crippen molar-refractivity contribution in [1.82, 2.24) is 5.32 Å². The third-order valence-corrected chi connectivity index (χ3v) is 2.63. The van der Waals surface area contributed by atoms with Crippen molar-refractivity contribution in [3.63, 3.8) is 0 Å². The van der Waals surface area contributed by atoms with Gasteiger partial charge in [0.1, 0.15) is 0 Å². The molecule has 1 aromatic carbocycles. The highest BCUT2D eigenvalue weighted by molar-refractivity contribution is 5.89. The zero-order chi connectivity index (χ0) is 15.8. The number of carbonyl (C=O) groups excluding carboxylic acids is 1. The molecular weight excluding hydrogens is 280 g/mol. The quantitative estimate of drug-likeness (QED) is 0.587. The lowest BCUT2D eigenvalue weighted by Crippen LogP contribution is -2.33. The van der Waals surface area contributed by atoms with E-state index in [0.717, 1.165) is 0 Å². The summed E-state index contributed by atoms with van der Waals surface area (Å²) in [6.45, 7) is 0.0343. The molecule has 0 heterocycles. The summed E-state index contributed by atoms with van der Waals surface area (Å²) in [4.78, 5) is 22.0. The number of hydrogen-bond acceptors (Lipinski definition) is 5. The third kappa shape index (κ3) is 5.19. The first-order valence-corrected chi connectivity index (χ1v) is 6.15. The van der Waals surface area contributed by atoms with Crippen LogP contribution in [0.4, 0.5) is 10.5 Å². The summed E-state index contributed by atoms with van der Waals surface area (Å²) in [7, 11) is 2.99. The van der Waals surface area contributed by atoms with Crippen LogP contribution in [-0.4, -0.2) is 49.1 Å². The molecule has 0 fully saturated rings. The summed E-state index contributed by atoms with van der Waals surface area (Å²) in [5.74, 6) is -0.318. The number of ether oxygens (including phenoxy) is 2. The number of aliphatic carboxylic acids is 1. The SMILES string of the molecule is COc1ccc(NC(=O)NCC[C@H](O)C(=O)O)cc1OC. The Labute approximate surface area is 121 Å². The second kappa shape index (κ2) is 7.95. The summed E-state index contributed by atoms with van der Waals surface area (Å²) in [5.41, 5.74) is 0.490. The molecule has 0 radical (unpaired) electrons. The monoisotopic (exact) mass is 298 g/mol. The molecule has 8 nitrogen and oxygen atoms in total. The molecular formula is C13H18N2O6. The largest absolute Gasteiger partial charge is 0.493 e. The Bertz CT molecular complexity index is 505. The molecule has 0 saturated carbocycles. The van der Waals surface area contributed by atoms with E-state index in [-0.39, 0.29) is 13.0 Å². The van der Waals surface area contributed by atoms with Gasteiger partial charge in [-0.1, -0.05) is 0 Å². The average Bonchev–Trinajstić information content (AvgIpc) is 2.46. The Balaban J connectivity index is 2.49. The zero-order valence-corrected chi connectivity index (χ0v) is 11.8. The minimum absolute atomic E-state index is 0.0343. The standard InChI is InChI=1S/C13H18N2O6/c1-20-10-4-3-8(7-11(10)21-2)15-13(19)14-6-5-9(16)12(17)18/h3-4,7,9,16H,5-6H2,1-2H3,(H,17,18)(H2,14,15,19)/t9-/m0/s1. The Kier molecular flexibility index (Phi) is 6.28.